The highest BCUT2D eigenvalue weighted by Crippen LogP contribution is 2.30. The predicted molar refractivity (Wildman–Crippen MR) is 124 cm³/mol. The van der Waals surface area contributed by atoms with Crippen LogP contribution in [0.2, 0.25) is 0 Å². The van der Waals surface area contributed by atoms with E-state index in [1.807, 2.05) is 47.0 Å². The van der Waals surface area contributed by atoms with E-state index in [0.29, 0.717) is 24.1 Å². The van der Waals surface area contributed by atoms with Gasteiger partial charge in [-0.1, -0.05) is 24.3 Å². The Hall–Kier alpha value is -3.48. The van der Waals surface area contributed by atoms with E-state index < -0.39 is 0 Å². The largest absolute Gasteiger partial charge is 0.353 e. The molecule has 2 heterocycles. The summed E-state index contributed by atoms with van der Waals surface area (Å²) in [6.07, 6.45) is 4.50. The average molecular weight is 431 g/mol. The fourth-order valence-electron chi connectivity index (χ4n) is 4.91. The van der Waals surface area contributed by atoms with Gasteiger partial charge >= 0.3 is 5.69 Å². The molecule has 1 aliphatic heterocycles. The Kier molecular flexibility index (Phi) is 5.47. The molecule has 7 heteroatoms. The summed E-state index contributed by atoms with van der Waals surface area (Å²) in [4.78, 5) is 44.7. The van der Waals surface area contributed by atoms with E-state index in [4.69, 9.17) is 0 Å². The molecule has 3 aromatic rings. The van der Waals surface area contributed by atoms with Crippen LogP contribution in [0.15, 0.2) is 58.3 Å². The quantitative estimate of drug-likeness (QED) is 0.639. The fraction of sp³-hybridized carbons (Fsp3) is 0.360. The van der Waals surface area contributed by atoms with Gasteiger partial charge in [-0.3, -0.25) is 19.1 Å². The Morgan fingerprint density at radius 1 is 1.03 bits per heavy atom. The van der Waals surface area contributed by atoms with Crippen LogP contribution in [0.25, 0.3) is 11.0 Å². The average Bonchev–Trinajstić information content (AvgIpc) is 3.14. The Labute approximate surface area is 185 Å². The molecule has 0 bridgehead atoms. The zero-order valence-electron chi connectivity index (χ0n) is 17.8. The van der Waals surface area contributed by atoms with Gasteiger partial charge in [-0.15, -0.1) is 0 Å². The van der Waals surface area contributed by atoms with Crippen molar-refractivity contribution in [3.05, 3.63) is 64.6 Å². The number of hydrogen-bond donors (Lipinski definition) is 2. The van der Waals surface area contributed by atoms with Crippen LogP contribution >= 0.6 is 0 Å². The number of aromatic amines is 1. The number of nitrogens with zero attached hydrogens (tertiary/aromatic N) is 2. The number of fused-ring (bicyclic) bond motifs is 2. The summed E-state index contributed by atoms with van der Waals surface area (Å²) < 4.78 is 1.86. The number of benzene rings is 2. The number of ketones is 1. The van der Waals surface area contributed by atoms with Crippen LogP contribution in [0.3, 0.4) is 0 Å². The second-order valence-corrected chi connectivity index (χ2v) is 8.69. The van der Waals surface area contributed by atoms with Crippen LogP contribution in [0.4, 0.5) is 5.69 Å². The SMILES string of the molecule is O=C(CCC1=Nc2ccccc2C(=O)C1)NC1CCC(n2c(=O)[nH]c3ccccc32)CC1. The van der Waals surface area contributed by atoms with Gasteiger partial charge in [0.1, 0.15) is 0 Å². The van der Waals surface area contributed by atoms with Gasteiger partial charge in [-0.25, -0.2) is 4.79 Å². The molecule has 5 rings (SSSR count). The highest BCUT2D eigenvalue weighted by molar-refractivity contribution is 6.16. The minimum Gasteiger partial charge on any atom is -0.353 e. The van der Waals surface area contributed by atoms with Crippen molar-refractivity contribution in [1.82, 2.24) is 14.9 Å². The maximum absolute atomic E-state index is 12.5. The van der Waals surface area contributed by atoms with Crippen LogP contribution in [0.1, 0.15) is 61.3 Å². The second kappa shape index (κ2) is 8.57. The molecule has 164 valence electrons. The lowest BCUT2D eigenvalue weighted by Gasteiger charge is -2.30. The van der Waals surface area contributed by atoms with Crippen LogP contribution in [-0.2, 0) is 4.79 Å². The number of imidazole rings is 1. The highest BCUT2D eigenvalue weighted by atomic mass is 16.2. The molecule has 7 nitrogen and oxygen atoms in total. The third-order valence-electron chi connectivity index (χ3n) is 6.54. The fourth-order valence-corrected chi connectivity index (χ4v) is 4.91. The first-order valence-electron chi connectivity index (χ1n) is 11.3. The number of aromatic nitrogens is 2. The number of amides is 1. The molecule has 1 saturated carbocycles. The summed E-state index contributed by atoms with van der Waals surface area (Å²) in [5.41, 5.74) is 3.86. The molecule has 2 aliphatic rings. The Morgan fingerprint density at radius 3 is 2.62 bits per heavy atom. The number of aliphatic imine (C=N–C) groups is 1. The van der Waals surface area contributed by atoms with Crippen LogP contribution < -0.4 is 11.0 Å². The number of carbonyl (C=O) groups excluding carboxylic acids is 2. The van der Waals surface area contributed by atoms with Gasteiger partial charge in [0, 0.05) is 36.2 Å². The number of H-pyrrole nitrogens is 1. The van der Waals surface area contributed by atoms with Gasteiger partial charge in [0.05, 0.1) is 16.7 Å². The van der Waals surface area contributed by atoms with Crippen molar-refractivity contribution in [1.29, 1.82) is 0 Å². The van der Waals surface area contributed by atoms with E-state index in [9.17, 15) is 14.4 Å². The summed E-state index contributed by atoms with van der Waals surface area (Å²) in [5, 5.41) is 3.13. The van der Waals surface area contributed by atoms with Gasteiger partial charge in [0.2, 0.25) is 5.91 Å². The summed E-state index contributed by atoms with van der Waals surface area (Å²) >= 11 is 0. The molecule has 0 atom stereocenters. The number of rotatable bonds is 5. The standard InChI is InChI=1S/C25H26N4O3/c30-23-15-17(26-20-6-2-1-5-19(20)23)11-14-24(31)27-16-9-12-18(13-10-16)29-22-8-4-3-7-21(22)28-25(29)32/h1-8,16,18H,9-15H2,(H,27,31)(H,28,32). The summed E-state index contributed by atoms with van der Waals surface area (Å²) in [6.45, 7) is 0. The molecule has 0 spiro atoms. The predicted octanol–water partition coefficient (Wildman–Crippen LogP) is 4.07. The van der Waals surface area contributed by atoms with Crippen molar-refractivity contribution in [2.24, 2.45) is 4.99 Å². The number of nitrogens with one attached hydrogen (secondary N) is 2. The first-order valence-corrected chi connectivity index (χ1v) is 11.3. The molecule has 0 unspecified atom stereocenters. The van der Waals surface area contributed by atoms with Gasteiger partial charge in [-0.05, 0) is 56.4 Å². The van der Waals surface area contributed by atoms with E-state index in [1.54, 1.807) is 6.07 Å². The zero-order chi connectivity index (χ0) is 22.1. The zero-order valence-corrected chi connectivity index (χ0v) is 17.8. The second-order valence-electron chi connectivity index (χ2n) is 8.69. The minimum absolute atomic E-state index is 0.00767. The number of hydrogen-bond acceptors (Lipinski definition) is 4. The third-order valence-corrected chi connectivity index (χ3v) is 6.54. The van der Waals surface area contributed by atoms with E-state index in [-0.39, 0.29) is 35.9 Å². The summed E-state index contributed by atoms with van der Waals surface area (Å²) in [7, 11) is 0. The van der Waals surface area contributed by atoms with E-state index in [0.717, 1.165) is 42.4 Å². The molecule has 2 aromatic carbocycles. The van der Waals surface area contributed by atoms with Gasteiger partial charge in [-0.2, -0.15) is 0 Å². The van der Waals surface area contributed by atoms with Crippen LogP contribution in [0.5, 0.6) is 0 Å². The Balaban J connectivity index is 1.14. The normalized spacial score (nSPS) is 20.6. The van der Waals surface area contributed by atoms with Crippen LogP contribution in [0, 0.1) is 0 Å². The molecular weight excluding hydrogens is 404 g/mol. The van der Waals surface area contributed by atoms with Crippen molar-refractivity contribution >= 4 is 34.1 Å². The maximum atomic E-state index is 12.5. The molecule has 0 radical (unpaired) electrons. The van der Waals surface area contributed by atoms with E-state index in [2.05, 4.69) is 15.3 Å². The third kappa shape index (κ3) is 4.02. The Morgan fingerprint density at radius 2 is 1.78 bits per heavy atom. The van der Waals surface area contributed by atoms with Crippen molar-refractivity contribution < 1.29 is 9.59 Å². The van der Waals surface area contributed by atoms with E-state index in [1.165, 1.54) is 0 Å². The van der Waals surface area contributed by atoms with Crippen molar-refractivity contribution in [3.8, 4) is 0 Å². The maximum Gasteiger partial charge on any atom is 0.326 e. The molecular formula is C25H26N4O3. The van der Waals surface area contributed by atoms with Crippen molar-refractivity contribution in [3.63, 3.8) is 0 Å². The smallest absolute Gasteiger partial charge is 0.326 e. The molecule has 1 aromatic heterocycles. The first kappa shape index (κ1) is 20.4. The topological polar surface area (TPSA) is 96.3 Å². The highest BCUT2D eigenvalue weighted by Gasteiger charge is 2.26. The van der Waals surface area contributed by atoms with Gasteiger partial charge in [0.25, 0.3) is 0 Å². The van der Waals surface area contributed by atoms with Crippen molar-refractivity contribution in [2.45, 2.75) is 57.0 Å². The summed E-state index contributed by atoms with van der Waals surface area (Å²) in [6, 6.07) is 15.4. The lowest BCUT2D eigenvalue weighted by molar-refractivity contribution is -0.121. The lowest BCUT2D eigenvalue weighted by atomic mass is 9.90. The van der Waals surface area contributed by atoms with E-state index >= 15 is 0 Å². The molecule has 2 N–H and O–H groups in total. The Bertz CT molecular complexity index is 1260. The molecule has 1 amide bonds. The monoisotopic (exact) mass is 430 g/mol. The molecule has 32 heavy (non-hydrogen) atoms. The molecule has 0 saturated heterocycles. The van der Waals surface area contributed by atoms with Gasteiger partial charge < -0.3 is 10.3 Å². The first-order chi connectivity index (χ1) is 15.6. The number of carbonyl (C=O) groups is 2. The lowest BCUT2D eigenvalue weighted by Crippen LogP contribution is -2.39. The number of Topliss-reactive ketones (excluding diaryl/α,β-unsaturated/α-hetero) is 1. The van der Waals surface area contributed by atoms with Gasteiger partial charge in [0.15, 0.2) is 5.78 Å². The molecule has 1 fully saturated rings. The minimum atomic E-state index is -0.0666. The molecule has 1 aliphatic carbocycles. The van der Waals surface area contributed by atoms with Crippen molar-refractivity contribution in [2.75, 3.05) is 0 Å². The number of para-hydroxylation sites is 3. The van der Waals surface area contributed by atoms with Crippen LogP contribution in [-0.4, -0.2) is 33.0 Å². The summed E-state index contributed by atoms with van der Waals surface area (Å²) in [5.74, 6) is 0.0589.